The largest absolute Gasteiger partial charge is 0.351 e. The normalized spacial score (nSPS) is 12.3. The van der Waals surface area contributed by atoms with E-state index in [1.165, 1.54) is 15.9 Å². The Balaban J connectivity index is 2.57. The molecule has 1 unspecified atom stereocenters. The number of thiophene rings is 1. The lowest BCUT2D eigenvalue weighted by Crippen LogP contribution is -2.42. The van der Waals surface area contributed by atoms with Crippen molar-refractivity contribution in [2.75, 3.05) is 0 Å². The van der Waals surface area contributed by atoms with E-state index >= 15 is 0 Å². The van der Waals surface area contributed by atoms with Gasteiger partial charge in [-0.15, -0.1) is 17.9 Å². The van der Waals surface area contributed by atoms with Crippen molar-refractivity contribution < 1.29 is 9.59 Å². The number of hydrogen-bond acceptors (Lipinski definition) is 6. The van der Waals surface area contributed by atoms with Crippen molar-refractivity contribution in [2.24, 2.45) is 11.7 Å². The van der Waals surface area contributed by atoms with E-state index in [9.17, 15) is 14.4 Å². The molecule has 0 aliphatic heterocycles. The van der Waals surface area contributed by atoms with Crippen LogP contribution in [0.3, 0.4) is 0 Å². The molecule has 2 rings (SSSR count). The summed E-state index contributed by atoms with van der Waals surface area (Å²) in [5.41, 5.74) is 5.82. The molecule has 0 radical (unpaired) electrons. The first-order chi connectivity index (χ1) is 12.2. The summed E-state index contributed by atoms with van der Waals surface area (Å²) in [5.74, 6) is -0.605. The zero-order valence-corrected chi connectivity index (χ0v) is 16.8. The van der Waals surface area contributed by atoms with Gasteiger partial charge in [0, 0.05) is 11.4 Å². The van der Waals surface area contributed by atoms with Gasteiger partial charge in [-0.25, -0.2) is 9.78 Å². The van der Waals surface area contributed by atoms with E-state index in [0.29, 0.717) is 15.4 Å². The number of rotatable bonds is 6. The minimum absolute atomic E-state index is 0.101. The number of urea groups is 1. The van der Waals surface area contributed by atoms with Crippen LogP contribution in [0.1, 0.15) is 24.3 Å². The van der Waals surface area contributed by atoms with Gasteiger partial charge in [-0.05, 0) is 25.3 Å². The van der Waals surface area contributed by atoms with Gasteiger partial charge in [-0.3, -0.25) is 19.5 Å². The second kappa shape index (κ2) is 8.05. The Bertz CT molecular complexity index is 930. The molecule has 0 spiro atoms. The van der Waals surface area contributed by atoms with Gasteiger partial charge in [0.2, 0.25) is 5.91 Å². The highest BCUT2D eigenvalue weighted by molar-refractivity contribution is 8.00. The number of allylic oxidation sites excluding steroid dienone is 1. The second-order valence-corrected chi connectivity index (χ2v) is 8.51. The summed E-state index contributed by atoms with van der Waals surface area (Å²) in [6, 6.07) is -0.905. The molecule has 2 heterocycles. The fraction of sp³-hybridized carbons (Fsp3) is 0.412. The third-order valence-electron chi connectivity index (χ3n) is 3.91. The van der Waals surface area contributed by atoms with Crippen LogP contribution in [0, 0.1) is 19.8 Å². The highest BCUT2D eigenvalue weighted by Crippen LogP contribution is 2.31. The molecule has 0 saturated heterocycles. The van der Waals surface area contributed by atoms with E-state index in [1.54, 1.807) is 6.08 Å². The van der Waals surface area contributed by atoms with Crippen LogP contribution in [0.4, 0.5) is 4.79 Å². The number of fused-ring (bicyclic) bond motifs is 1. The van der Waals surface area contributed by atoms with Crippen LogP contribution in [0.15, 0.2) is 22.6 Å². The lowest BCUT2D eigenvalue weighted by Gasteiger charge is -2.20. The fourth-order valence-corrected chi connectivity index (χ4v) is 4.66. The number of hydrogen-bond donors (Lipinski definition) is 2. The Morgan fingerprint density at radius 1 is 1.42 bits per heavy atom. The van der Waals surface area contributed by atoms with E-state index < -0.39 is 17.2 Å². The molecular weight excluding hydrogens is 372 g/mol. The van der Waals surface area contributed by atoms with E-state index in [4.69, 9.17) is 5.73 Å². The van der Waals surface area contributed by atoms with Gasteiger partial charge in [0.05, 0.1) is 10.6 Å². The van der Waals surface area contributed by atoms with Crippen molar-refractivity contribution in [3.63, 3.8) is 0 Å². The minimum Gasteiger partial charge on any atom is -0.351 e. The number of imide groups is 1. The van der Waals surface area contributed by atoms with E-state index in [2.05, 4.69) is 16.9 Å². The van der Waals surface area contributed by atoms with Gasteiger partial charge in [0.15, 0.2) is 5.16 Å². The van der Waals surface area contributed by atoms with Crippen molar-refractivity contribution in [1.82, 2.24) is 14.9 Å². The quantitative estimate of drug-likeness (QED) is 0.445. The molecule has 0 aromatic carbocycles. The van der Waals surface area contributed by atoms with Crippen LogP contribution >= 0.6 is 23.1 Å². The standard InChI is InChI=1S/C17H22N4O3S2/c1-6-7-21-15(23)11-9(4)10(5)25-14(11)20-17(21)26-12(8(2)3)13(22)19-16(18)24/h6,8,12H,1,7H2,2-5H3,(H3,18,19,22,24). The molecule has 3 amide bonds. The first kappa shape index (κ1) is 20.2. The molecule has 7 nitrogen and oxygen atoms in total. The lowest BCUT2D eigenvalue weighted by molar-refractivity contribution is -0.120. The summed E-state index contributed by atoms with van der Waals surface area (Å²) < 4.78 is 1.51. The molecule has 1 atom stereocenters. The van der Waals surface area contributed by atoms with Crippen molar-refractivity contribution in [1.29, 1.82) is 0 Å². The Hall–Kier alpha value is -2.13. The Kier molecular flexibility index (Phi) is 6.25. The Morgan fingerprint density at radius 2 is 2.08 bits per heavy atom. The monoisotopic (exact) mass is 394 g/mol. The molecule has 140 valence electrons. The smallest absolute Gasteiger partial charge is 0.318 e. The van der Waals surface area contributed by atoms with Crippen molar-refractivity contribution in [2.45, 2.75) is 44.6 Å². The maximum Gasteiger partial charge on any atom is 0.318 e. The molecule has 0 aliphatic carbocycles. The van der Waals surface area contributed by atoms with Crippen LogP contribution in [0.25, 0.3) is 10.2 Å². The number of thioether (sulfide) groups is 1. The maximum atomic E-state index is 13.0. The highest BCUT2D eigenvalue weighted by atomic mass is 32.2. The number of nitrogens with two attached hydrogens (primary N) is 1. The summed E-state index contributed by atoms with van der Waals surface area (Å²) in [7, 11) is 0. The number of amides is 3. The maximum absolute atomic E-state index is 13.0. The molecule has 0 fully saturated rings. The predicted octanol–water partition coefficient (Wildman–Crippen LogP) is 2.57. The van der Waals surface area contributed by atoms with Crippen LogP contribution in [0.5, 0.6) is 0 Å². The molecule has 9 heteroatoms. The zero-order chi connectivity index (χ0) is 19.6. The Labute approximate surface area is 159 Å². The fourth-order valence-electron chi connectivity index (χ4n) is 2.49. The third kappa shape index (κ3) is 3.99. The third-order valence-corrected chi connectivity index (χ3v) is 6.54. The van der Waals surface area contributed by atoms with E-state index in [0.717, 1.165) is 22.2 Å². The molecule has 0 aliphatic rings. The predicted molar refractivity (Wildman–Crippen MR) is 106 cm³/mol. The van der Waals surface area contributed by atoms with Crippen LogP contribution in [0.2, 0.25) is 0 Å². The minimum atomic E-state index is -0.905. The van der Waals surface area contributed by atoms with Gasteiger partial charge in [0.1, 0.15) is 4.83 Å². The average Bonchev–Trinajstić information content (AvgIpc) is 2.81. The first-order valence-corrected chi connectivity index (χ1v) is 9.75. The number of nitrogens with one attached hydrogen (secondary N) is 1. The van der Waals surface area contributed by atoms with Crippen molar-refractivity contribution >= 4 is 45.3 Å². The number of carbonyl (C=O) groups is 2. The SMILES string of the molecule is C=CCn1c(SC(C(=O)NC(N)=O)C(C)C)nc2sc(C)c(C)c2c1=O. The number of aromatic nitrogens is 2. The summed E-state index contributed by atoms with van der Waals surface area (Å²) in [6.07, 6.45) is 1.61. The summed E-state index contributed by atoms with van der Waals surface area (Å²) in [4.78, 5) is 42.6. The van der Waals surface area contributed by atoms with Gasteiger partial charge in [-0.2, -0.15) is 0 Å². The summed E-state index contributed by atoms with van der Waals surface area (Å²) in [5, 5.41) is 2.50. The van der Waals surface area contributed by atoms with Crippen LogP contribution < -0.4 is 16.6 Å². The van der Waals surface area contributed by atoms with E-state index in [1.807, 2.05) is 27.7 Å². The topological polar surface area (TPSA) is 107 Å². The van der Waals surface area contributed by atoms with Crippen LogP contribution in [-0.2, 0) is 11.3 Å². The number of nitrogens with zero attached hydrogens (tertiary/aromatic N) is 2. The lowest BCUT2D eigenvalue weighted by atomic mass is 10.1. The van der Waals surface area contributed by atoms with Gasteiger partial charge in [0.25, 0.3) is 5.56 Å². The molecule has 26 heavy (non-hydrogen) atoms. The number of aryl methyl sites for hydroxylation is 2. The zero-order valence-electron chi connectivity index (χ0n) is 15.2. The molecular formula is C17H22N4O3S2. The average molecular weight is 395 g/mol. The van der Waals surface area contributed by atoms with Crippen molar-refractivity contribution in [3.05, 3.63) is 33.4 Å². The summed E-state index contributed by atoms with van der Waals surface area (Å²) in [6.45, 7) is 11.5. The molecule has 2 aromatic rings. The molecule has 0 saturated carbocycles. The van der Waals surface area contributed by atoms with Gasteiger partial charge < -0.3 is 5.73 Å². The Morgan fingerprint density at radius 3 is 2.62 bits per heavy atom. The van der Waals surface area contributed by atoms with Crippen LogP contribution in [-0.4, -0.2) is 26.7 Å². The molecule has 2 aromatic heterocycles. The molecule has 3 N–H and O–H groups in total. The number of primary amides is 1. The second-order valence-electron chi connectivity index (χ2n) is 6.20. The number of carbonyl (C=O) groups excluding carboxylic acids is 2. The molecule has 0 bridgehead atoms. The highest BCUT2D eigenvalue weighted by Gasteiger charge is 2.27. The van der Waals surface area contributed by atoms with Gasteiger partial charge in [-0.1, -0.05) is 31.7 Å². The van der Waals surface area contributed by atoms with E-state index in [-0.39, 0.29) is 18.0 Å². The summed E-state index contributed by atoms with van der Waals surface area (Å²) >= 11 is 2.60. The first-order valence-electron chi connectivity index (χ1n) is 8.05. The van der Waals surface area contributed by atoms with Gasteiger partial charge >= 0.3 is 6.03 Å². The van der Waals surface area contributed by atoms with Crippen molar-refractivity contribution in [3.8, 4) is 0 Å².